The first-order valence-corrected chi connectivity index (χ1v) is 7.83. The Morgan fingerprint density at radius 3 is 2.95 bits per heavy atom. The Kier molecular flexibility index (Phi) is 3.85. The van der Waals surface area contributed by atoms with Gasteiger partial charge in [-0.3, -0.25) is 0 Å². The van der Waals surface area contributed by atoms with Crippen molar-refractivity contribution in [1.82, 2.24) is 14.9 Å². The Hall–Kier alpha value is -1.65. The third-order valence-electron chi connectivity index (χ3n) is 3.68. The summed E-state index contributed by atoms with van der Waals surface area (Å²) < 4.78 is 2.19. The first-order valence-electron chi connectivity index (χ1n) is 6.95. The fourth-order valence-corrected chi connectivity index (χ4v) is 3.41. The summed E-state index contributed by atoms with van der Waals surface area (Å²) in [5.74, 6) is 0. The summed E-state index contributed by atoms with van der Waals surface area (Å²) in [5, 5.41) is 8.17. The predicted octanol–water partition coefficient (Wildman–Crippen LogP) is 3.88. The molecule has 0 aliphatic carbocycles. The fraction of sp³-hybridized carbons (Fsp3) is 0.312. The summed E-state index contributed by atoms with van der Waals surface area (Å²) in [6.07, 6.45) is 5.15. The topological polar surface area (TPSA) is 29.9 Å². The normalized spacial score (nSPS) is 12.9. The Bertz CT molecular complexity index is 685. The molecule has 0 radical (unpaired) electrons. The van der Waals surface area contributed by atoms with Crippen LogP contribution in [0.25, 0.3) is 10.9 Å². The van der Waals surface area contributed by atoms with Crippen LogP contribution in [0.1, 0.15) is 30.0 Å². The van der Waals surface area contributed by atoms with Gasteiger partial charge in [0.05, 0.1) is 6.04 Å². The molecule has 1 N–H and O–H groups in total. The van der Waals surface area contributed by atoms with E-state index < -0.39 is 0 Å². The monoisotopic (exact) mass is 285 g/mol. The molecule has 1 aromatic carbocycles. The Morgan fingerprint density at radius 2 is 2.20 bits per heavy atom. The average Bonchev–Trinajstić information content (AvgIpc) is 3.10. The van der Waals surface area contributed by atoms with Crippen LogP contribution >= 0.6 is 11.3 Å². The summed E-state index contributed by atoms with van der Waals surface area (Å²) in [7, 11) is 2.10. The minimum atomic E-state index is 0.342. The molecule has 2 heterocycles. The Balaban J connectivity index is 1.80. The maximum atomic E-state index is 4.42. The molecule has 104 valence electrons. The van der Waals surface area contributed by atoms with E-state index in [1.807, 2.05) is 11.6 Å². The predicted molar refractivity (Wildman–Crippen MR) is 84.9 cm³/mol. The van der Waals surface area contributed by atoms with Gasteiger partial charge in [0, 0.05) is 42.3 Å². The number of hydrogen-bond donors (Lipinski definition) is 1. The second kappa shape index (κ2) is 5.77. The van der Waals surface area contributed by atoms with E-state index >= 15 is 0 Å². The van der Waals surface area contributed by atoms with Crippen molar-refractivity contribution >= 4 is 22.2 Å². The summed E-state index contributed by atoms with van der Waals surface area (Å²) in [6.45, 7) is 3.07. The van der Waals surface area contributed by atoms with Gasteiger partial charge in [-0.25, -0.2) is 4.98 Å². The van der Waals surface area contributed by atoms with Gasteiger partial charge >= 0.3 is 0 Å². The molecule has 3 nitrogen and oxygen atoms in total. The molecular formula is C16H19N3S. The molecule has 3 rings (SSSR count). The highest BCUT2D eigenvalue weighted by Gasteiger charge is 2.12. The number of nitrogens with zero attached hydrogens (tertiary/aromatic N) is 2. The summed E-state index contributed by atoms with van der Waals surface area (Å²) in [5.41, 5.74) is 2.63. The van der Waals surface area contributed by atoms with E-state index in [2.05, 4.69) is 59.3 Å². The smallest absolute Gasteiger partial charge is 0.109 e. The van der Waals surface area contributed by atoms with E-state index in [9.17, 15) is 0 Å². The maximum absolute atomic E-state index is 4.42. The lowest BCUT2D eigenvalue weighted by Crippen LogP contribution is -2.19. The van der Waals surface area contributed by atoms with Gasteiger partial charge in [-0.2, -0.15) is 0 Å². The van der Waals surface area contributed by atoms with Gasteiger partial charge in [0.2, 0.25) is 0 Å². The molecule has 0 amide bonds. The third-order valence-corrected chi connectivity index (χ3v) is 4.57. The first kappa shape index (κ1) is 13.3. The molecular weight excluding hydrogens is 266 g/mol. The number of nitrogens with one attached hydrogen (secondary N) is 1. The minimum absolute atomic E-state index is 0.342. The highest BCUT2D eigenvalue weighted by molar-refractivity contribution is 7.09. The second-order valence-corrected chi connectivity index (χ2v) is 5.92. The Labute approximate surface area is 123 Å². The van der Waals surface area contributed by atoms with Gasteiger partial charge in [-0.05, 0) is 18.1 Å². The van der Waals surface area contributed by atoms with Gasteiger partial charge in [0.25, 0.3) is 0 Å². The number of benzene rings is 1. The van der Waals surface area contributed by atoms with Crippen molar-refractivity contribution in [2.75, 3.05) is 0 Å². The molecule has 0 saturated heterocycles. The van der Waals surface area contributed by atoms with Crippen molar-refractivity contribution in [3.63, 3.8) is 0 Å². The van der Waals surface area contributed by atoms with Crippen LogP contribution in [0.3, 0.4) is 0 Å². The minimum Gasteiger partial charge on any atom is -0.350 e. The van der Waals surface area contributed by atoms with E-state index in [0.29, 0.717) is 6.04 Å². The van der Waals surface area contributed by atoms with E-state index in [0.717, 1.165) is 13.0 Å². The first-order chi connectivity index (χ1) is 9.79. The largest absolute Gasteiger partial charge is 0.350 e. The third kappa shape index (κ3) is 2.49. The summed E-state index contributed by atoms with van der Waals surface area (Å²) in [4.78, 5) is 4.42. The number of fused-ring (bicyclic) bond motifs is 1. The van der Waals surface area contributed by atoms with Crippen molar-refractivity contribution in [2.45, 2.75) is 25.9 Å². The van der Waals surface area contributed by atoms with Crippen molar-refractivity contribution in [3.05, 3.63) is 52.6 Å². The van der Waals surface area contributed by atoms with Crippen LogP contribution in [-0.2, 0) is 13.6 Å². The molecule has 1 unspecified atom stereocenters. The average molecular weight is 285 g/mol. The molecule has 0 bridgehead atoms. The molecule has 0 spiro atoms. The standard InChI is InChI=1S/C16H19N3S/c1-3-14(16-17-8-9-20-16)18-10-12-11-19(2)15-7-5-4-6-13(12)15/h4-9,11,14,18H,3,10H2,1-2H3. The molecule has 0 aliphatic heterocycles. The molecule has 0 saturated carbocycles. The van der Waals surface area contributed by atoms with E-state index in [1.165, 1.54) is 21.5 Å². The van der Waals surface area contributed by atoms with Gasteiger partial charge in [0.15, 0.2) is 0 Å². The number of aromatic nitrogens is 2. The van der Waals surface area contributed by atoms with Gasteiger partial charge in [-0.15, -0.1) is 11.3 Å². The van der Waals surface area contributed by atoms with Crippen LogP contribution in [0.4, 0.5) is 0 Å². The SMILES string of the molecule is CCC(NCc1cn(C)c2ccccc12)c1nccs1. The molecule has 4 heteroatoms. The lowest BCUT2D eigenvalue weighted by Gasteiger charge is -2.13. The van der Waals surface area contributed by atoms with Crippen molar-refractivity contribution in [2.24, 2.45) is 7.05 Å². The van der Waals surface area contributed by atoms with Crippen LogP contribution in [0.2, 0.25) is 0 Å². The molecule has 0 fully saturated rings. The van der Waals surface area contributed by atoms with E-state index in [4.69, 9.17) is 0 Å². The summed E-state index contributed by atoms with van der Waals surface area (Å²) >= 11 is 1.72. The number of rotatable bonds is 5. The highest BCUT2D eigenvalue weighted by atomic mass is 32.1. The second-order valence-electron chi connectivity index (χ2n) is 4.99. The van der Waals surface area contributed by atoms with Crippen LogP contribution in [0.15, 0.2) is 42.0 Å². The van der Waals surface area contributed by atoms with E-state index in [1.54, 1.807) is 11.3 Å². The van der Waals surface area contributed by atoms with Crippen LogP contribution in [0.5, 0.6) is 0 Å². The quantitative estimate of drug-likeness (QED) is 0.771. The lowest BCUT2D eigenvalue weighted by atomic mass is 10.1. The maximum Gasteiger partial charge on any atom is 0.109 e. The highest BCUT2D eigenvalue weighted by Crippen LogP contribution is 2.23. The van der Waals surface area contributed by atoms with Gasteiger partial charge < -0.3 is 9.88 Å². The zero-order valence-corrected chi connectivity index (χ0v) is 12.7. The molecule has 1 atom stereocenters. The zero-order valence-electron chi connectivity index (χ0n) is 11.8. The molecule has 3 aromatic rings. The number of thiazole rings is 1. The number of hydrogen-bond acceptors (Lipinski definition) is 3. The van der Waals surface area contributed by atoms with Crippen LogP contribution in [0, 0.1) is 0 Å². The van der Waals surface area contributed by atoms with Gasteiger partial charge in [0.1, 0.15) is 5.01 Å². The molecule has 2 aromatic heterocycles. The van der Waals surface area contributed by atoms with Crippen molar-refractivity contribution < 1.29 is 0 Å². The number of para-hydroxylation sites is 1. The van der Waals surface area contributed by atoms with Crippen molar-refractivity contribution in [1.29, 1.82) is 0 Å². The summed E-state index contributed by atoms with van der Waals surface area (Å²) in [6, 6.07) is 8.88. The van der Waals surface area contributed by atoms with E-state index in [-0.39, 0.29) is 0 Å². The molecule has 20 heavy (non-hydrogen) atoms. The lowest BCUT2D eigenvalue weighted by molar-refractivity contribution is 0.517. The fourth-order valence-electron chi connectivity index (χ4n) is 2.61. The Morgan fingerprint density at radius 1 is 1.35 bits per heavy atom. The van der Waals surface area contributed by atoms with Crippen LogP contribution < -0.4 is 5.32 Å². The molecule has 0 aliphatic rings. The van der Waals surface area contributed by atoms with Crippen LogP contribution in [-0.4, -0.2) is 9.55 Å². The number of aryl methyl sites for hydroxylation is 1. The zero-order chi connectivity index (χ0) is 13.9. The van der Waals surface area contributed by atoms with Gasteiger partial charge in [-0.1, -0.05) is 25.1 Å². The van der Waals surface area contributed by atoms with Crippen molar-refractivity contribution in [3.8, 4) is 0 Å².